The zero-order chi connectivity index (χ0) is 15.1. The van der Waals surface area contributed by atoms with E-state index < -0.39 is 0 Å². The van der Waals surface area contributed by atoms with Crippen LogP contribution in [0.5, 0.6) is 5.75 Å². The van der Waals surface area contributed by atoms with E-state index in [1.807, 2.05) is 30.0 Å². The Kier molecular flexibility index (Phi) is 6.55. The van der Waals surface area contributed by atoms with Crippen LogP contribution >= 0.6 is 15.9 Å². The number of hydrogen-bond acceptors (Lipinski definition) is 2. The van der Waals surface area contributed by atoms with Gasteiger partial charge in [0, 0.05) is 19.5 Å². The second kappa shape index (κ2) is 8.42. The van der Waals surface area contributed by atoms with Crippen molar-refractivity contribution < 1.29 is 9.53 Å². The molecule has 0 saturated carbocycles. The average Bonchev–Trinajstić information content (AvgIpc) is 2.74. The molecule has 0 aromatic heterocycles. The van der Waals surface area contributed by atoms with E-state index in [2.05, 4.69) is 15.9 Å². The highest BCUT2D eigenvalue weighted by molar-refractivity contribution is 9.10. The van der Waals surface area contributed by atoms with E-state index in [0.29, 0.717) is 13.0 Å². The van der Waals surface area contributed by atoms with E-state index in [-0.39, 0.29) is 5.91 Å². The van der Waals surface area contributed by atoms with Gasteiger partial charge in [0.25, 0.3) is 0 Å². The lowest BCUT2D eigenvalue weighted by Crippen LogP contribution is -2.31. The molecule has 0 N–H and O–H groups in total. The van der Waals surface area contributed by atoms with Crippen LogP contribution in [0.1, 0.15) is 44.1 Å². The fourth-order valence-electron chi connectivity index (χ4n) is 2.61. The Labute approximate surface area is 135 Å². The van der Waals surface area contributed by atoms with Crippen LogP contribution in [0.15, 0.2) is 22.7 Å². The van der Waals surface area contributed by atoms with Crippen LogP contribution in [-0.4, -0.2) is 30.5 Å². The zero-order valence-corrected chi connectivity index (χ0v) is 14.3. The molecule has 1 heterocycles. The van der Waals surface area contributed by atoms with Gasteiger partial charge in [-0.2, -0.15) is 0 Å². The molecule has 2 rings (SSSR count). The Bertz CT molecular complexity index is 468. The topological polar surface area (TPSA) is 29.5 Å². The van der Waals surface area contributed by atoms with Crippen molar-refractivity contribution >= 4 is 21.8 Å². The molecule has 1 aromatic rings. The summed E-state index contributed by atoms with van der Waals surface area (Å²) < 4.78 is 6.71. The van der Waals surface area contributed by atoms with Gasteiger partial charge in [-0.05, 0) is 59.8 Å². The summed E-state index contributed by atoms with van der Waals surface area (Å²) in [5.74, 6) is 1.13. The Morgan fingerprint density at radius 1 is 1.24 bits per heavy atom. The summed E-state index contributed by atoms with van der Waals surface area (Å²) in [5, 5.41) is 0. The number of hydrogen-bond donors (Lipinski definition) is 0. The molecule has 0 unspecified atom stereocenters. The number of aryl methyl sites for hydroxylation is 1. The minimum Gasteiger partial charge on any atom is -0.492 e. The molecule has 0 aliphatic carbocycles. The number of ether oxygens (including phenoxy) is 1. The average molecular weight is 354 g/mol. The first-order valence-corrected chi connectivity index (χ1v) is 8.63. The molecule has 1 amide bonds. The lowest BCUT2D eigenvalue weighted by molar-refractivity contribution is -0.131. The van der Waals surface area contributed by atoms with Crippen LogP contribution in [0, 0.1) is 6.92 Å². The van der Waals surface area contributed by atoms with Gasteiger partial charge in [-0.3, -0.25) is 4.79 Å². The van der Waals surface area contributed by atoms with Gasteiger partial charge in [0.05, 0.1) is 11.1 Å². The maximum absolute atomic E-state index is 12.1. The molecule has 116 valence electrons. The van der Waals surface area contributed by atoms with Gasteiger partial charge in [-0.25, -0.2) is 0 Å². The highest BCUT2D eigenvalue weighted by atomic mass is 79.9. The summed E-state index contributed by atoms with van der Waals surface area (Å²) in [6.45, 7) is 4.50. The molecule has 1 aliphatic rings. The normalized spacial score (nSPS) is 15.6. The summed E-state index contributed by atoms with van der Waals surface area (Å²) in [6, 6.07) is 6.04. The molecule has 0 radical (unpaired) electrons. The lowest BCUT2D eigenvalue weighted by Gasteiger charge is -2.20. The van der Waals surface area contributed by atoms with Crippen LogP contribution in [0.4, 0.5) is 0 Å². The smallest absolute Gasteiger partial charge is 0.222 e. The first-order chi connectivity index (χ1) is 10.2. The predicted molar refractivity (Wildman–Crippen MR) is 88.7 cm³/mol. The summed E-state index contributed by atoms with van der Waals surface area (Å²) in [4.78, 5) is 14.2. The molecule has 0 atom stereocenters. The van der Waals surface area contributed by atoms with Crippen molar-refractivity contribution in [2.45, 2.75) is 45.4 Å². The van der Waals surface area contributed by atoms with Crippen molar-refractivity contribution in [3.05, 3.63) is 28.2 Å². The molecule has 1 aromatic carbocycles. The zero-order valence-electron chi connectivity index (χ0n) is 12.7. The Morgan fingerprint density at radius 2 is 1.95 bits per heavy atom. The summed E-state index contributed by atoms with van der Waals surface area (Å²) >= 11 is 3.50. The molecular weight excluding hydrogens is 330 g/mol. The third-order valence-electron chi connectivity index (χ3n) is 3.84. The number of rotatable bonds is 5. The van der Waals surface area contributed by atoms with Gasteiger partial charge >= 0.3 is 0 Å². The van der Waals surface area contributed by atoms with E-state index in [1.54, 1.807) is 0 Å². The van der Waals surface area contributed by atoms with E-state index in [9.17, 15) is 4.79 Å². The highest BCUT2D eigenvalue weighted by Gasteiger charge is 2.14. The number of benzene rings is 1. The van der Waals surface area contributed by atoms with Crippen molar-refractivity contribution in [2.75, 3.05) is 19.7 Å². The fourth-order valence-corrected chi connectivity index (χ4v) is 3.21. The predicted octanol–water partition coefficient (Wildman–Crippen LogP) is 4.32. The lowest BCUT2D eigenvalue weighted by atomic mass is 10.2. The standard InChI is InChI=1S/C17H24BrNO2/c1-14-8-9-16(15(18)13-14)21-12-6-7-17(20)19-10-4-2-3-5-11-19/h8-9,13H,2-7,10-12H2,1H3. The fraction of sp³-hybridized carbons (Fsp3) is 0.588. The molecule has 0 spiro atoms. The number of amides is 1. The third-order valence-corrected chi connectivity index (χ3v) is 4.46. The van der Waals surface area contributed by atoms with E-state index >= 15 is 0 Å². The molecule has 21 heavy (non-hydrogen) atoms. The van der Waals surface area contributed by atoms with Crippen molar-refractivity contribution in [1.82, 2.24) is 4.90 Å². The number of halogens is 1. The van der Waals surface area contributed by atoms with E-state index in [4.69, 9.17) is 4.74 Å². The van der Waals surface area contributed by atoms with Crippen LogP contribution in [0.3, 0.4) is 0 Å². The second-order valence-electron chi connectivity index (χ2n) is 5.68. The van der Waals surface area contributed by atoms with Gasteiger partial charge in [0.1, 0.15) is 5.75 Å². The molecule has 3 nitrogen and oxygen atoms in total. The summed E-state index contributed by atoms with van der Waals surface area (Å²) in [6.07, 6.45) is 6.18. The van der Waals surface area contributed by atoms with Crippen molar-refractivity contribution in [2.24, 2.45) is 0 Å². The second-order valence-corrected chi connectivity index (χ2v) is 6.54. The van der Waals surface area contributed by atoms with Crippen LogP contribution in [-0.2, 0) is 4.79 Å². The molecule has 1 fully saturated rings. The molecule has 0 bridgehead atoms. The van der Waals surface area contributed by atoms with Crippen molar-refractivity contribution in [3.8, 4) is 5.75 Å². The van der Waals surface area contributed by atoms with Crippen LogP contribution in [0.25, 0.3) is 0 Å². The Morgan fingerprint density at radius 3 is 2.62 bits per heavy atom. The van der Waals surface area contributed by atoms with Crippen LogP contribution in [0.2, 0.25) is 0 Å². The van der Waals surface area contributed by atoms with Crippen molar-refractivity contribution in [1.29, 1.82) is 0 Å². The van der Waals surface area contributed by atoms with Gasteiger partial charge in [-0.15, -0.1) is 0 Å². The Balaban J connectivity index is 1.70. The van der Waals surface area contributed by atoms with E-state index in [0.717, 1.165) is 42.6 Å². The maximum atomic E-state index is 12.1. The van der Waals surface area contributed by atoms with E-state index in [1.165, 1.54) is 18.4 Å². The largest absolute Gasteiger partial charge is 0.492 e. The van der Waals surface area contributed by atoms with Crippen LogP contribution < -0.4 is 4.74 Å². The molecular formula is C17H24BrNO2. The first kappa shape index (κ1) is 16.3. The SMILES string of the molecule is Cc1ccc(OCCCC(=O)N2CCCCCC2)c(Br)c1. The number of carbonyl (C=O) groups excluding carboxylic acids is 1. The first-order valence-electron chi connectivity index (χ1n) is 7.83. The monoisotopic (exact) mass is 353 g/mol. The number of carbonyl (C=O) groups is 1. The van der Waals surface area contributed by atoms with Gasteiger partial charge in [0.2, 0.25) is 5.91 Å². The van der Waals surface area contributed by atoms with Gasteiger partial charge in [-0.1, -0.05) is 18.9 Å². The number of likely N-dealkylation sites (tertiary alicyclic amines) is 1. The van der Waals surface area contributed by atoms with Gasteiger partial charge < -0.3 is 9.64 Å². The van der Waals surface area contributed by atoms with Gasteiger partial charge in [0.15, 0.2) is 0 Å². The molecule has 4 heteroatoms. The highest BCUT2D eigenvalue weighted by Crippen LogP contribution is 2.25. The quantitative estimate of drug-likeness (QED) is 0.737. The summed E-state index contributed by atoms with van der Waals surface area (Å²) in [7, 11) is 0. The molecule has 1 aliphatic heterocycles. The minimum absolute atomic E-state index is 0.281. The van der Waals surface area contributed by atoms with Crippen molar-refractivity contribution in [3.63, 3.8) is 0 Å². The third kappa shape index (κ3) is 5.34. The number of nitrogens with zero attached hydrogens (tertiary/aromatic N) is 1. The molecule has 1 saturated heterocycles. The maximum Gasteiger partial charge on any atom is 0.222 e. The summed E-state index contributed by atoms with van der Waals surface area (Å²) in [5.41, 5.74) is 1.20. The minimum atomic E-state index is 0.281. The Hall–Kier alpha value is -1.03.